The van der Waals surface area contributed by atoms with Gasteiger partial charge in [0, 0.05) is 12.2 Å². The second kappa shape index (κ2) is 20.3. The molecule has 3 aromatic rings. The summed E-state index contributed by atoms with van der Waals surface area (Å²) in [4.78, 5) is 66.1. The molecule has 2 atom stereocenters. The first-order chi connectivity index (χ1) is 26.2. The van der Waals surface area contributed by atoms with Gasteiger partial charge in [-0.3, -0.25) is 14.4 Å². The van der Waals surface area contributed by atoms with Crippen molar-refractivity contribution in [2.75, 3.05) is 46.6 Å². The van der Waals surface area contributed by atoms with Crippen LogP contribution in [-0.2, 0) is 38.1 Å². The first-order valence-electron chi connectivity index (χ1n) is 18.7. The molecule has 0 saturated carbocycles. The monoisotopic (exact) mass is 791 g/mol. The average Bonchev–Trinajstić information content (AvgIpc) is 3.11. The van der Waals surface area contributed by atoms with Crippen LogP contribution in [0, 0.1) is 0 Å². The molecule has 0 unspecified atom stereocenters. The lowest BCUT2D eigenvalue weighted by atomic mass is 9.84. The SMILES string of the molecule is CC(C)(C)OC(=O)N[C@@H](CCC(=O)N[C@@H](CSC(c1ccccc1)(c1ccccc1)c1ccccc1)C(=O)NCC(=O)OCC[N+](C)(C)C)C(=O)OC(C)(C)C. The Balaban J connectivity index is 1.92. The number of amides is 3. The van der Waals surface area contributed by atoms with E-state index in [0.717, 1.165) is 16.7 Å². The zero-order chi connectivity index (χ0) is 41.6. The third-order valence-corrected chi connectivity index (χ3v) is 9.77. The summed E-state index contributed by atoms with van der Waals surface area (Å²) in [7, 11) is 5.93. The van der Waals surface area contributed by atoms with Crippen molar-refractivity contribution in [1.29, 1.82) is 0 Å². The Morgan fingerprint density at radius 3 is 1.61 bits per heavy atom. The number of alkyl carbamates (subject to hydrolysis) is 1. The van der Waals surface area contributed by atoms with E-state index in [1.54, 1.807) is 41.5 Å². The van der Waals surface area contributed by atoms with Crippen LogP contribution in [0.4, 0.5) is 4.79 Å². The topological polar surface area (TPSA) is 149 Å². The number of carbonyl (C=O) groups excluding carboxylic acids is 5. The molecule has 0 aromatic heterocycles. The van der Waals surface area contributed by atoms with Crippen molar-refractivity contribution in [2.45, 2.75) is 82.4 Å². The fraction of sp³-hybridized carbons (Fsp3) is 0.465. The molecule has 0 saturated heterocycles. The lowest BCUT2D eigenvalue weighted by molar-refractivity contribution is -0.870. The summed E-state index contributed by atoms with van der Waals surface area (Å²) in [6.07, 6.45) is -1.22. The number of carbonyl (C=O) groups is 5. The van der Waals surface area contributed by atoms with Crippen molar-refractivity contribution in [1.82, 2.24) is 16.0 Å². The number of nitrogens with zero attached hydrogens (tertiary/aromatic N) is 1. The molecule has 0 aliphatic heterocycles. The van der Waals surface area contributed by atoms with Gasteiger partial charge in [0.1, 0.15) is 43.0 Å². The van der Waals surface area contributed by atoms with Crippen molar-refractivity contribution in [2.24, 2.45) is 0 Å². The van der Waals surface area contributed by atoms with E-state index < -0.39 is 64.4 Å². The van der Waals surface area contributed by atoms with Gasteiger partial charge in [-0.2, -0.15) is 0 Å². The Bertz CT molecular complexity index is 1640. The number of likely N-dealkylation sites (N-methyl/N-ethyl adjacent to an activating group) is 1. The van der Waals surface area contributed by atoms with Crippen LogP contribution >= 0.6 is 11.8 Å². The van der Waals surface area contributed by atoms with E-state index in [1.807, 2.05) is 112 Å². The maximum Gasteiger partial charge on any atom is 0.408 e. The van der Waals surface area contributed by atoms with Gasteiger partial charge in [0.25, 0.3) is 0 Å². The van der Waals surface area contributed by atoms with Crippen LogP contribution in [-0.4, -0.2) is 104 Å². The lowest BCUT2D eigenvalue weighted by Gasteiger charge is -2.36. The highest BCUT2D eigenvalue weighted by atomic mass is 32.2. The summed E-state index contributed by atoms with van der Waals surface area (Å²) in [5.41, 5.74) is 1.19. The van der Waals surface area contributed by atoms with E-state index in [1.165, 1.54) is 11.8 Å². The Kier molecular flexibility index (Phi) is 16.5. The number of quaternary nitrogens is 1. The van der Waals surface area contributed by atoms with E-state index in [9.17, 15) is 24.0 Å². The maximum absolute atomic E-state index is 13.9. The molecule has 0 fully saturated rings. The molecule has 0 spiro atoms. The van der Waals surface area contributed by atoms with E-state index in [2.05, 4.69) is 16.0 Å². The van der Waals surface area contributed by atoms with Crippen LogP contribution in [0.15, 0.2) is 91.0 Å². The predicted octanol–water partition coefficient (Wildman–Crippen LogP) is 5.58. The zero-order valence-electron chi connectivity index (χ0n) is 34.2. The summed E-state index contributed by atoms with van der Waals surface area (Å²) >= 11 is 1.47. The largest absolute Gasteiger partial charge is 0.458 e. The van der Waals surface area contributed by atoms with Gasteiger partial charge in [-0.05, 0) is 64.7 Å². The van der Waals surface area contributed by atoms with Gasteiger partial charge in [-0.25, -0.2) is 9.59 Å². The molecule has 0 radical (unpaired) electrons. The van der Waals surface area contributed by atoms with Gasteiger partial charge < -0.3 is 34.6 Å². The minimum Gasteiger partial charge on any atom is -0.458 e. The third kappa shape index (κ3) is 15.3. The second-order valence-electron chi connectivity index (χ2n) is 16.4. The number of hydrogen-bond donors (Lipinski definition) is 3. The van der Waals surface area contributed by atoms with Crippen LogP contribution in [0.5, 0.6) is 0 Å². The van der Waals surface area contributed by atoms with Gasteiger partial charge in [0.05, 0.1) is 25.9 Å². The van der Waals surface area contributed by atoms with Gasteiger partial charge in [0.15, 0.2) is 0 Å². The van der Waals surface area contributed by atoms with Crippen LogP contribution in [0.3, 0.4) is 0 Å². The van der Waals surface area contributed by atoms with Gasteiger partial charge in [0.2, 0.25) is 11.8 Å². The minimum absolute atomic E-state index is 0.0818. The number of nitrogens with one attached hydrogen (secondary N) is 3. The molecular formula is C43H59N4O8S+. The van der Waals surface area contributed by atoms with Crippen molar-refractivity contribution in [3.63, 3.8) is 0 Å². The second-order valence-corrected chi connectivity index (χ2v) is 17.7. The molecule has 304 valence electrons. The van der Waals surface area contributed by atoms with Crippen LogP contribution in [0.1, 0.15) is 71.1 Å². The summed E-state index contributed by atoms with van der Waals surface area (Å²) in [6.45, 7) is 10.5. The summed E-state index contributed by atoms with van der Waals surface area (Å²) in [5.74, 6) is -2.40. The predicted molar refractivity (Wildman–Crippen MR) is 219 cm³/mol. The van der Waals surface area contributed by atoms with Crippen LogP contribution in [0.25, 0.3) is 0 Å². The number of rotatable bonds is 18. The highest BCUT2D eigenvalue weighted by molar-refractivity contribution is 8.00. The molecule has 12 nitrogen and oxygen atoms in total. The Morgan fingerprint density at radius 2 is 1.16 bits per heavy atom. The van der Waals surface area contributed by atoms with Crippen molar-refractivity contribution >= 4 is 41.6 Å². The van der Waals surface area contributed by atoms with Crippen molar-refractivity contribution in [3.05, 3.63) is 108 Å². The van der Waals surface area contributed by atoms with Gasteiger partial charge in [-0.15, -0.1) is 11.8 Å². The highest BCUT2D eigenvalue weighted by Gasteiger charge is 2.39. The maximum atomic E-state index is 13.9. The third-order valence-electron chi connectivity index (χ3n) is 8.13. The van der Waals surface area contributed by atoms with E-state index in [0.29, 0.717) is 11.0 Å². The minimum atomic E-state index is -1.21. The van der Waals surface area contributed by atoms with Crippen molar-refractivity contribution < 1.29 is 42.7 Å². The Hall–Kier alpha value is -4.88. The molecule has 3 aromatic carbocycles. The molecule has 0 aliphatic rings. The standard InChI is InChI=1S/C43H58N4O8S/c1-41(2,3)54-39(51)34(46-40(52)55-42(4,5)6)25-26-36(48)45-35(38(50)44-29-37(49)53-28-27-47(7,8)9)30-56-43(31-19-13-10-14-20-31,32-21-15-11-16-22-32)33-23-17-12-18-24-33/h10-24,34-35H,25-30H2,1-9H3,(H2-,44,45,46,48,50,52)/p+1/t34-,35-/m0/s1. The van der Waals surface area contributed by atoms with Gasteiger partial charge >= 0.3 is 18.0 Å². The van der Waals surface area contributed by atoms with E-state index >= 15 is 0 Å². The summed E-state index contributed by atoms with van der Waals surface area (Å²) < 4.78 is 16.0. The molecule has 0 aliphatic carbocycles. The molecule has 56 heavy (non-hydrogen) atoms. The number of esters is 2. The average molecular weight is 792 g/mol. The lowest BCUT2D eigenvalue weighted by Crippen LogP contribution is -2.51. The Labute approximate surface area is 336 Å². The van der Waals surface area contributed by atoms with Gasteiger partial charge in [-0.1, -0.05) is 91.0 Å². The quantitative estimate of drug-likeness (QED) is 0.0651. The Morgan fingerprint density at radius 1 is 0.679 bits per heavy atom. The fourth-order valence-corrected chi connectivity index (χ4v) is 7.10. The highest BCUT2D eigenvalue weighted by Crippen LogP contribution is 2.48. The number of benzene rings is 3. The summed E-state index contributed by atoms with van der Waals surface area (Å²) in [5, 5.41) is 8.03. The molecular weight excluding hydrogens is 733 g/mol. The van der Waals surface area contributed by atoms with E-state index in [4.69, 9.17) is 14.2 Å². The summed E-state index contributed by atoms with van der Waals surface area (Å²) in [6, 6.07) is 27.4. The molecule has 3 rings (SSSR count). The smallest absolute Gasteiger partial charge is 0.408 e. The normalized spacial score (nSPS) is 13.1. The molecule has 0 bridgehead atoms. The van der Waals surface area contributed by atoms with E-state index in [-0.39, 0.29) is 25.2 Å². The number of hydrogen-bond acceptors (Lipinski definition) is 9. The first kappa shape index (κ1) is 45.5. The molecule has 13 heteroatoms. The zero-order valence-corrected chi connectivity index (χ0v) is 35.0. The number of ether oxygens (including phenoxy) is 3. The number of thioether (sulfide) groups is 1. The fourth-order valence-electron chi connectivity index (χ4n) is 5.54. The molecule has 0 heterocycles. The van der Waals surface area contributed by atoms with Crippen LogP contribution in [0.2, 0.25) is 0 Å². The molecule has 3 amide bonds. The van der Waals surface area contributed by atoms with Crippen LogP contribution < -0.4 is 16.0 Å². The molecule has 3 N–H and O–H groups in total. The van der Waals surface area contributed by atoms with Crippen molar-refractivity contribution in [3.8, 4) is 0 Å². The first-order valence-corrected chi connectivity index (χ1v) is 19.7.